The standard InChI is InChI=1S/C15H15FN4O4.C6H6FN/c1-8(21)18-5-10-6-20(15(22)24-10)9-2-3-11(12(16)4-9)13-7-23-14(17)19-13;7-5-2-1-3-6(8)4-5/h2-4,7,10H,5-6H2,1H3,(H2,17,19)(H,18,21);1-4H,8H2. The second kappa shape index (κ2) is 9.77. The van der Waals surface area contributed by atoms with Crippen molar-refractivity contribution in [3.63, 3.8) is 0 Å². The predicted octanol–water partition coefficient (Wildman–Crippen LogP) is 2.93. The van der Waals surface area contributed by atoms with E-state index < -0.39 is 18.0 Å². The third kappa shape index (κ3) is 5.72. The number of oxazole rings is 1. The lowest BCUT2D eigenvalue weighted by atomic mass is 10.1. The summed E-state index contributed by atoms with van der Waals surface area (Å²) < 4.78 is 36.4. The molecular formula is C21H21F2N5O4. The van der Waals surface area contributed by atoms with Crippen molar-refractivity contribution in [2.75, 3.05) is 29.5 Å². The van der Waals surface area contributed by atoms with Gasteiger partial charge in [0.1, 0.15) is 29.7 Å². The molecule has 5 N–H and O–H groups in total. The monoisotopic (exact) mass is 445 g/mol. The molecule has 11 heteroatoms. The first-order chi connectivity index (χ1) is 15.2. The molecule has 0 bridgehead atoms. The van der Waals surface area contributed by atoms with Crippen LogP contribution in [0, 0.1) is 11.6 Å². The van der Waals surface area contributed by atoms with Gasteiger partial charge in [0, 0.05) is 18.2 Å². The van der Waals surface area contributed by atoms with Gasteiger partial charge in [-0.05, 0) is 36.4 Å². The maximum Gasteiger partial charge on any atom is 0.414 e. The molecule has 168 valence electrons. The largest absolute Gasteiger partial charge is 0.442 e. The zero-order valence-electron chi connectivity index (χ0n) is 17.0. The molecule has 1 aromatic heterocycles. The van der Waals surface area contributed by atoms with Crippen molar-refractivity contribution in [2.45, 2.75) is 13.0 Å². The van der Waals surface area contributed by atoms with Crippen LogP contribution in [-0.4, -0.2) is 36.2 Å². The van der Waals surface area contributed by atoms with E-state index in [1.54, 1.807) is 18.2 Å². The third-order valence-electron chi connectivity index (χ3n) is 4.36. The van der Waals surface area contributed by atoms with Crippen LogP contribution in [0.5, 0.6) is 0 Å². The average molecular weight is 445 g/mol. The summed E-state index contributed by atoms with van der Waals surface area (Å²) in [6, 6.07) is 10.1. The fraction of sp³-hybridized carbons (Fsp3) is 0.190. The summed E-state index contributed by atoms with van der Waals surface area (Å²) in [5.41, 5.74) is 11.9. The van der Waals surface area contributed by atoms with Gasteiger partial charge in [0.25, 0.3) is 6.01 Å². The highest BCUT2D eigenvalue weighted by molar-refractivity contribution is 5.90. The molecule has 0 spiro atoms. The Kier molecular flexibility index (Phi) is 6.88. The van der Waals surface area contributed by atoms with Gasteiger partial charge in [0.15, 0.2) is 0 Å². The normalized spacial score (nSPS) is 15.0. The molecule has 1 unspecified atom stereocenters. The van der Waals surface area contributed by atoms with E-state index in [0.717, 1.165) is 0 Å². The van der Waals surface area contributed by atoms with Crippen molar-refractivity contribution in [2.24, 2.45) is 0 Å². The number of carbonyl (C=O) groups excluding carboxylic acids is 2. The highest BCUT2D eigenvalue weighted by Gasteiger charge is 2.32. The van der Waals surface area contributed by atoms with Crippen LogP contribution in [0.2, 0.25) is 0 Å². The molecule has 1 saturated heterocycles. The molecule has 0 aliphatic carbocycles. The topological polar surface area (TPSA) is 137 Å². The van der Waals surface area contributed by atoms with Crippen LogP contribution >= 0.6 is 0 Å². The van der Waals surface area contributed by atoms with Crippen molar-refractivity contribution < 1.29 is 27.5 Å². The van der Waals surface area contributed by atoms with Crippen molar-refractivity contribution >= 4 is 29.4 Å². The molecule has 0 saturated carbocycles. The molecular weight excluding hydrogens is 424 g/mol. The number of nitrogens with zero attached hydrogens (tertiary/aromatic N) is 2. The highest BCUT2D eigenvalue weighted by atomic mass is 19.1. The number of anilines is 3. The number of nitrogen functional groups attached to an aromatic ring is 2. The van der Waals surface area contributed by atoms with Gasteiger partial charge in [0.05, 0.1) is 18.8 Å². The molecule has 2 amide bonds. The molecule has 2 aromatic carbocycles. The van der Waals surface area contributed by atoms with Crippen LogP contribution < -0.4 is 21.7 Å². The maximum atomic E-state index is 14.3. The Morgan fingerprint density at radius 1 is 1.25 bits per heavy atom. The van der Waals surface area contributed by atoms with E-state index in [1.807, 2.05) is 0 Å². The zero-order chi connectivity index (χ0) is 23.3. The molecule has 1 aliphatic heterocycles. The number of hydrogen-bond donors (Lipinski definition) is 3. The van der Waals surface area contributed by atoms with Gasteiger partial charge in [-0.1, -0.05) is 6.07 Å². The van der Waals surface area contributed by atoms with Crippen molar-refractivity contribution in [1.29, 1.82) is 0 Å². The number of halogens is 2. The van der Waals surface area contributed by atoms with Crippen LogP contribution in [0.4, 0.5) is 31.0 Å². The van der Waals surface area contributed by atoms with Crippen LogP contribution in [0.15, 0.2) is 53.1 Å². The molecule has 32 heavy (non-hydrogen) atoms. The lowest BCUT2D eigenvalue weighted by Gasteiger charge is -2.14. The first kappa shape index (κ1) is 22.5. The molecule has 3 aromatic rings. The summed E-state index contributed by atoms with van der Waals surface area (Å²) in [6.45, 7) is 1.80. The maximum absolute atomic E-state index is 14.3. The van der Waals surface area contributed by atoms with Crippen LogP contribution in [0.1, 0.15) is 6.92 Å². The second-order valence-corrected chi connectivity index (χ2v) is 6.84. The lowest BCUT2D eigenvalue weighted by molar-refractivity contribution is -0.119. The number of hydrogen-bond acceptors (Lipinski definition) is 7. The Bertz CT molecular complexity index is 1100. The summed E-state index contributed by atoms with van der Waals surface area (Å²) >= 11 is 0. The average Bonchev–Trinajstić information content (AvgIpc) is 3.32. The Morgan fingerprint density at radius 2 is 2.03 bits per heavy atom. The molecule has 2 heterocycles. The number of benzene rings is 2. The smallest absolute Gasteiger partial charge is 0.414 e. The lowest BCUT2D eigenvalue weighted by Crippen LogP contribution is -2.33. The van der Waals surface area contributed by atoms with E-state index in [9.17, 15) is 18.4 Å². The van der Waals surface area contributed by atoms with Gasteiger partial charge in [0.2, 0.25) is 5.91 Å². The molecule has 1 fully saturated rings. The number of amides is 2. The van der Waals surface area contributed by atoms with Crippen LogP contribution in [0.25, 0.3) is 11.3 Å². The van der Waals surface area contributed by atoms with Crippen LogP contribution in [0.3, 0.4) is 0 Å². The van der Waals surface area contributed by atoms with Gasteiger partial charge in [-0.15, -0.1) is 0 Å². The van der Waals surface area contributed by atoms with Gasteiger partial charge in [-0.2, -0.15) is 4.98 Å². The number of carbonyl (C=O) groups is 2. The van der Waals surface area contributed by atoms with Gasteiger partial charge in [-0.3, -0.25) is 9.69 Å². The van der Waals surface area contributed by atoms with E-state index in [2.05, 4.69) is 10.3 Å². The Morgan fingerprint density at radius 3 is 2.59 bits per heavy atom. The van der Waals surface area contributed by atoms with E-state index in [0.29, 0.717) is 11.4 Å². The van der Waals surface area contributed by atoms with Crippen LogP contribution in [-0.2, 0) is 9.53 Å². The summed E-state index contributed by atoms with van der Waals surface area (Å²) in [4.78, 5) is 28.0. The number of rotatable bonds is 4. The molecule has 0 radical (unpaired) electrons. The first-order valence-electron chi connectivity index (χ1n) is 9.47. The number of nitrogens with one attached hydrogen (secondary N) is 1. The van der Waals surface area contributed by atoms with Crippen molar-refractivity contribution in [3.8, 4) is 11.3 Å². The number of ether oxygens (including phenoxy) is 1. The molecule has 1 aliphatic rings. The van der Waals surface area contributed by atoms with Gasteiger partial charge in [-0.25, -0.2) is 13.6 Å². The van der Waals surface area contributed by atoms with E-state index in [-0.39, 0.29) is 42.1 Å². The number of aromatic nitrogens is 1. The Labute approximate surface area is 182 Å². The SMILES string of the molecule is CC(=O)NCC1CN(c2ccc(-c3coc(N)n3)c(F)c2)C(=O)O1.Nc1cccc(F)c1. The number of cyclic esters (lactones) is 1. The Balaban J connectivity index is 0.000000305. The van der Waals surface area contributed by atoms with E-state index in [4.69, 9.17) is 20.6 Å². The highest BCUT2D eigenvalue weighted by Crippen LogP contribution is 2.29. The summed E-state index contributed by atoms with van der Waals surface area (Å²) in [5, 5.41) is 2.58. The zero-order valence-corrected chi connectivity index (χ0v) is 17.0. The predicted molar refractivity (Wildman–Crippen MR) is 113 cm³/mol. The van der Waals surface area contributed by atoms with Crippen molar-refractivity contribution in [1.82, 2.24) is 10.3 Å². The minimum absolute atomic E-state index is 0.0580. The van der Waals surface area contributed by atoms with Crippen molar-refractivity contribution in [3.05, 3.63) is 60.4 Å². The third-order valence-corrected chi connectivity index (χ3v) is 4.36. The van der Waals surface area contributed by atoms with E-state index in [1.165, 1.54) is 42.4 Å². The van der Waals surface area contributed by atoms with Gasteiger partial charge < -0.3 is 25.9 Å². The second-order valence-electron chi connectivity index (χ2n) is 6.84. The first-order valence-corrected chi connectivity index (χ1v) is 9.47. The summed E-state index contributed by atoms with van der Waals surface area (Å²) in [7, 11) is 0. The molecule has 4 rings (SSSR count). The quantitative estimate of drug-likeness (QED) is 0.525. The summed E-state index contributed by atoms with van der Waals surface area (Å²) in [5.74, 6) is -1.07. The summed E-state index contributed by atoms with van der Waals surface area (Å²) in [6.07, 6.45) is 0.170. The Hall–Kier alpha value is -4.15. The fourth-order valence-electron chi connectivity index (χ4n) is 2.89. The minimum Gasteiger partial charge on any atom is -0.442 e. The van der Waals surface area contributed by atoms with E-state index >= 15 is 0 Å². The van der Waals surface area contributed by atoms with Gasteiger partial charge >= 0.3 is 6.09 Å². The minimum atomic E-state index is -0.594. The molecule has 9 nitrogen and oxygen atoms in total. The number of nitrogens with two attached hydrogens (primary N) is 2. The molecule has 1 atom stereocenters. The fourth-order valence-corrected chi connectivity index (χ4v) is 2.89.